The molecule has 2 aliphatic heterocycles. The van der Waals surface area contributed by atoms with Gasteiger partial charge in [-0.15, -0.1) is 10.2 Å². The quantitative estimate of drug-likeness (QED) is 0.810. The van der Waals surface area contributed by atoms with Gasteiger partial charge in [-0.05, 0) is 45.2 Å². The molecule has 1 N–H and O–H groups in total. The van der Waals surface area contributed by atoms with Crippen LogP contribution in [0.3, 0.4) is 0 Å². The summed E-state index contributed by atoms with van der Waals surface area (Å²) in [6, 6.07) is 0. The van der Waals surface area contributed by atoms with Crippen LogP contribution in [-0.4, -0.2) is 60.2 Å². The molecule has 0 aromatic carbocycles. The molecule has 0 spiro atoms. The molecule has 2 fully saturated rings. The maximum Gasteiger partial charge on any atom is 0.206 e. The van der Waals surface area contributed by atoms with E-state index in [2.05, 4.69) is 27.5 Å². The number of piperidine rings is 1. The number of ether oxygens (including phenoxy) is 1. The van der Waals surface area contributed by atoms with E-state index >= 15 is 0 Å². The van der Waals surface area contributed by atoms with Crippen molar-refractivity contribution in [3.8, 4) is 0 Å². The first-order chi connectivity index (χ1) is 10.3. The van der Waals surface area contributed by atoms with Crippen LogP contribution in [0.2, 0.25) is 0 Å². The molecule has 0 saturated carbocycles. The fourth-order valence-electron chi connectivity index (χ4n) is 2.94. The molecule has 21 heavy (non-hydrogen) atoms. The highest BCUT2D eigenvalue weighted by Crippen LogP contribution is 2.29. The lowest BCUT2D eigenvalue weighted by molar-refractivity contribution is 0.120. The number of thioether (sulfide) groups is 1. The Morgan fingerprint density at radius 2 is 2.33 bits per heavy atom. The maximum atomic E-state index is 5.60. The number of likely N-dealkylation sites (tertiary alicyclic amines) is 1. The van der Waals surface area contributed by atoms with Crippen molar-refractivity contribution in [3.05, 3.63) is 0 Å². The summed E-state index contributed by atoms with van der Waals surface area (Å²) in [6.07, 6.45) is 5.36. The van der Waals surface area contributed by atoms with E-state index in [1.165, 1.54) is 32.4 Å². The molecule has 1 aromatic heterocycles. The van der Waals surface area contributed by atoms with Gasteiger partial charge < -0.3 is 15.0 Å². The minimum Gasteiger partial charge on any atom is -0.376 e. The van der Waals surface area contributed by atoms with Gasteiger partial charge >= 0.3 is 0 Å². The molecule has 118 valence electrons. The Hall–Kier alpha value is -0.370. The third-order valence-electron chi connectivity index (χ3n) is 4.08. The van der Waals surface area contributed by atoms with Gasteiger partial charge in [0.25, 0.3) is 0 Å². The molecule has 5 nitrogen and oxygen atoms in total. The van der Waals surface area contributed by atoms with Gasteiger partial charge in [-0.3, -0.25) is 0 Å². The van der Waals surface area contributed by atoms with Crippen LogP contribution in [0, 0.1) is 5.92 Å². The minimum atomic E-state index is 0.350. The SMILES string of the molecule is CN1CCC[C@H](CSc2nnc(NC[C@H]3CCCO3)s2)C1. The Labute approximate surface area is 134 Å². The van der Waals surface area contributed by atoms with Crippen molar-refractivity contribution < 1.29 is 4.74 Å². The fourth-order valence-corrected chi connectivity index (χ4v) is 4.85. The number of rotatable bonds is 6. The van der Waals surface area contributed by atoms with E-state index in [9.17, 15) is 0 Å². The monoisotopic (exact) mass is 328 g/mol. The van der Waals surface area contributed by atoms with Crippen LogP contribution < -0.4 is 5.32 Å². The van der Waals surface area contributed by atoms with Gasteiger partial charge in [0, 0.05) is 25.4 Å². The molecular weight excluding hydrogens is 304 g/mol. The van der Waals surface area contributed by atoms with Crippen molar-refractivity contribution in [2.45, 2.75) is 36.1 Å². The average Bonchev–Trinajstić information content (AvgIpc) is 3.15. The van der Waals surface area contributed by atoms with Gasteiger partial charge in [0.05, 0.1) is 6.10 Å². The second-order valence-corrected chi connectivity index (χ2v) is 8.22. The first kappa shape index (κ1) is 15.5. The van der Waals surface area contributed by atoms with E-state index < -0.39 is 0 Å². The topological polar surface area (TPSA) is 50.3 Å². The first-order valence-corrected chi connectivity index (χ1v) is 9.60. The van der Waals surface area contributed by atoms with Crippen molar-refractivity contribution in [3.63, 3.8) is 0 Å². The van der Waals surface area contributed by atoms with E-state index in [-0.39, 0.29) is 0 Å². The van der Waals surface area contributed by atoms with Crippen molar-refractivity contribution in [2.75, 3.05) is 44.4 Å². The largest absolute Gasteiger partial charge is 0.376 e. The molecule has 0 unspecified atom stereocenters. The lowest BCUT2D eigenvalue weighted by Gasteiger charge is -2.29. The van der Waals surface area contributed by atoms with Crippen LogP contribution in [0.1, 0.15) is 25.7 Å². The summed E-state index contributed by atoms with van der Waals surface area (Å²) in [5.74, 6) is 1.95. The lowest BCUT2D eigenvalue weighted by atomic mass is 10.0. The second-order valence-electron chi connectivity index (χ2n) is 5.97. The van der Waals surface area contributed by atoms with E-state index in [1.54, 1.807) is 11.3 Å². The number of anilines is 1. The van der Waals surface area contributed by atoms with Crippen molar-refractivity contribution >= 4 is 28.2 Å². The number of aromatic nitrogens is 2. The lowest BCUT2D eigenvalue weighted by Crippen LogP contribution is -2.33. The third-order valence-corrected chi connectivity index (χ3v) is 6.32. The Bertz CT molecular complexity index is 436. The second kappa shape index (κ2) is 7.76. The van der Waals surface area contributed by atoms with Crippen LogP contribution in [0.25, 0.3) is 0 Å². The zero-order chi connectivity index (χ0) is 14.5. The normalized spacial score (nSPS) is 27.1. The highest BCUT2D eigenvalue weighted by atomic mass is 32.2. The summed E-state index contributed by atoms with van der Waals surface area (Å²) in [7, 11) is 2.22. The van der Waals surface area contributed by atoms with Crippen molar-refractivity contribution in [2.24, 2.45) is 5.92 Å². The zero-order valence-corrected chi connectivity index (χ0v) is 14.2. The average molecular weight is 329 g/mol. The van der Waals surface area contributed by atoms with Crippen LogP contribution in [-0.2, 0) is 4.74 Å². The molecule has 0 aliphatic carbocycles. The van der Waals surface area contributed by atoms with Crippen molar-refractivity contribution in [1.29, 1.82) is 0 Å². The van der Waals surface area contributed by atoms with Crippen LogP contribution in [0.4, 0.5) is 5.13 Å². The number of hydrogen-bond acceptors (Lipinski definition) is 7. The van der Waals surface area contributed by atoms with E-state index in [1.807, 2.05) is 11.8 Å². The predicted molar refractivity (Wildman–Crippen MR) is 88.3 cm³/mol. The molecule has 3 rings (SSSR count). The van der Waals surface area contributed by atoms with Gasteiger partial charge in [-0.1, -0.05) is 23.1 Å². The zero-order valence-electron chi connectivity index (χ0n) is 12.6. The predicted octanol–water partition coefficient (Wildman–Crippen LogP) is 2.56. The standard InChI is InChI=1S/C14H24N4OS2/c1-18-6-2-4-11(9-18)10-20-14-17-16-13(21-14)15-8-12-5-3-7-19-12/h11-12H,2-10H2,1H3,(H,15,16)/t11-,12+/m0/s1. The summed E-state index contributed by atoms with van der Waals surface area (Å²) < 4.78 is 6.68. The fraction of sp³-hybridized carbons (Fsp3) is 0.857. The number of hydrogen-bond donors (Lipinski definition) is 1. The molecule has 3 heterocycles. The first-order valence-electron chi connectivity index (χ1n) is 7.80. The molecule has 0 amide bonds. The smallest absolute Gasteiger partial charge is 0.206 e. The molecule has 2 aliphatic rings. The van der Waals surface area contributed by atoms with Crippen LogP contribution >= 0.6 is 23.1 Å². The Balaban J connectivity index is 1.39. The van der Waals surface area contributed by atoms with Crippen molar-refractivity contribution in [1.82, 2.24) is 15.1 Å². The van der Waals surface area contributed by atoms with Crippen LogP contribution in [0.15, 0.2) is 4.34 Å². The third kappa shape index (κ3) is 4.81. The number of nitrogens with one attached hydrogen (secondary N) is 1. The molecule has 2 atom stereocenters. The van der Waals surface area contributed by atoms with Gasteiger partial charge in [0.2, 0.25) is 5.13 Å². The summed E-state index contributed by atoms with van der Waals surface area (Å²) in [5.41, 5.74) is 0. The Kier molecular flexibility index (Phi) is 5.74. The van der Waals surface area contributed by atoms with Gasteiger partial charge in [-0.2, -0.15) is 0 Å². The van der Waals surface area contributed by atoms with Gasteiger partial charge in [-0.25, -0.2) is 0 Å². The van der Waals surface area contributed by atoms with E-state index in [0.29, 0.717) is 6.10 Å². The van der Waals surface area contributed by atoms with E-state index in [4.69, 9.17) is 4.74 Å². The molecule has 1 aromatic rings. The maximum absolute atomic E-state index is 5.60. The molecule has 2 saturated heterocycles. The van der Waals surface area contributed by atoms with Gasteiger partial charge in [0.1, 0.15) is 0 Å². The highest BCUT2D eigenvalue weighted by Gasteiger charge is 2.19. The Morgan fingerprint density at radius 3 is 3.14 bits per heavy atom. The van der Waals surface area contributed by atoms with Crippen LogP contribution in [0.5, 0.6) is 0 Å². The summed E-state index contributed by atoms with van der Waals surface area (Å²) in [5, 5.41) is 12.8. The summed E-state index contributed by atoms with van der Waals surface area (Å²) in [4.78, 5) is 2.43. The minimum absolute atomic E-state index is 0.350. The molecule has 7 heteroatoms. The number of nitrogens with zero attached hydrogens (tertiary/aromatic N) is 3. The molecule has 0 bridgehead atoms. The van der Waals surface area contributed by atoms with Gasteiger partial charge in [0.15, 0.2) is 4.34 Å². The molecule has 0 radical (unpaired) electrons. The molecular formula is C14H24N4OS2. The summed E-state index contributed by atoms with van der Waals surface area (Å²) >= 11 is 3.52. The summed E-state index contributed by atoms with van der Waals surface area (Å²) in [6.45, 7) is 4.22. The van der Waals surface area contributed by atoms with E-state index in [0.717, 1.165) is 40.7 Å². The highest BCUT2D eigenvalue weighted by molar-refractivity contribution is 8.01. The Morgan fingerprint density at radius 1 is 1.38 bits per heavy atom.